The molecule has 4 heterocycles. The number of nitrogens with one attached hydrogen (secondary N) is 1. The van der Waals surface area contributed by atoms with Gasteiger partial charge in [-0.25, -0.2) is 0 Å². The average molecular weight is 420 g/mol. The van der Waals surface area contributed by atoms with Gasteiger partial charge in [0.05, 0.1) is 31.6 Å². The average Bonchev–Trinajstić information content (AvgIpc) is 3.54. The van der Waals surface area contributed by atoms with Crippen LogP contribution >= 0.6 is 0 Å². The van der Waals surface area contributed by atoms with Gasteiger partial charge in [0.15, 0.2) is 11.5 Å². The van der Waals surface area contributed by atoms with E-state index in [-0.39, 0.29) is 18.6 Å². The molecule has 8 nitrogen and oxygen atoms in total. The summed E-state index contributed by atoms with van der Waals surface area (Å²) in [6.45, 7) is 0.542. The highest BCUT2D eigenvalue weighted by atomic mass is 16.7. The number of nitrogens with zero attached hydrogens (tertiary/aromatic N) is 1. The quantitative estimate of drug-likeness (QED) is 0.765. The van der Waals surface area contributed by atoms with E-state index >= 15 is 0 Å². The van der Waals surface area contributed by atoms with Crippen LogP contribution in [-0.2, 0) is 14.3 Å². The Kier molecular flexibility index (Phi) is 3.82. The fourth-order valence-electron chi connectivity index (χ4n) is 4.98. The van der Waals surface area contributed by atoms with E-state index in [1.807, 2.05) is 36.4 Å². The molecule has 1 N–H and O–H groups in total. The van der Waals surface area contributed by atoms with Crippen molar-refractivity contribution in [2.24, 2.45) is 11.8 Å². The SMILES string of the molecule is COc1ccc(N2C[C@]34C=CC(O3)C(C(=O)Nc3ccc5c(c3)OCO5)C4C2=O)cc1. The third-order valence-electron chi connectivity index (χ3n) is 6.43. The van der Waals surface area contributed by atoms with E-state index in [1.54, 1.807) is 30.2 Å². The zero-order chi connectivity index (χ0) is 21.2. The summed E-state index contributed by atoms with van der Waals surface area (Å²) >= 11 is 0. The fraction of sp³-hybridized carbons (Fsp3) is 0.304. The first kappa shape index (κ1) is 18.3. The van der Waals surface area contributed by atoms with Crippen LogP contribution in [0.1, 0.15) is 0 Å². The molecule has 4 aliphatic rings. The Hall–Kier alpha value is -3.52. The second-order valence-electron chi connectivity index (χ2n) is 8.08. The van der Waals surface area contributed by atoms with Gasteiger partial charge < -0.3 is 29.2 Å². The largest absolute Gasteiger partial charge is 0.497 e. The lowest BCUT2D eigenvalue weighted by Gasteiger charge is -2.23. The summed E-state index contributed by atoms with van der Waals surface area (Å²) < 4.78 is 22.1. The molecule has 3 unspecified atom stereocenters. The van der Waals surface area contributed by atoms with E-state index in [9.17, 15) is 9.59 Å². The van der Waals surface area contributed by atoms with Gasteiger partial charge in [-0.3, -0.25) is 9.59 Å². The van der Waals surface area contributed by atoms with Gasteiger partial charge in [-0.2, -0.15) is 0 Å². The summed E-state index contributed by atoms with van der Waals surface area (Å²) in [4.78, 5) is 28.3. The molecular weight excluding hydrogens is 400 g/mol. The number of rotatable bonds is 4. The Balaban J connectivity index is 1.26. The van der Waals surface area contributed by atoms with Crippen molar-refractivity contribution in [2.45, 2.75) is 11.7 Å². The Morgan fingerprint density at radius 2 is 1.97 bits per heavy atom. The normalized spacial score (nSPS) is 29.4. The van der Waals surface area contributed by atoms with Gasteiger partial charge in [-0.15, -0.1) is 0 Å². The molecule has 0 aromatic heterocycles. The molecule has 2 amide bonds. The second-order valence-corrected chi connectivity index (χ2v) is 8.08. The summed E-state index contributed by atoms with van der Waals surface area (Å²) in [5.41, 5.74) is 0.566. The van der Waals surface area contributed by atoms with Crippen LogP contribution in [0.4, 0.5) is 11.4 Å². The maximum absolute atomic E-state index is 13.4. The van der Waals surface area contributed by atoms with Gasteiger partial charge in [-0.05, 0) is 36.4 Å². The number of hydrogen-bond donors (Lipinski definition) is 1. The van der Waals surface area contributed by atoms with Crippen LogP contribution in [0, 0.1) is 11.8 Å². The van der Waals surface area contributed by atoms with E-state index in [0.29, 0.717) is 29.5 Å². The van der Waals surface area contributed by atoms with Gasteiger partial charge in [0.2, 0.25) is 18.6 Å². The van der Waals surface area contributed by atoms with Crippen molar-refractivity contribution >= 4 is 23.2 Å². The number of anilines is 2. The van der Waals surface area contributed by atoms with Crippen molar-refractivity contribution < 1.29 is 28.5 Å². The lowest BCUT2D eigenvalue weighted by molar-refractivity contribution is -0.128. The van der Waals surface area contributed by atoms with Gasteiger partial charge in [0.25, 0.3) is 0 Å². The van der Waals surface area contributed by atoms with Gasteiger partial charge in [0.1, 0.15) is 11.4 Å². The van der Waals surface area contributed by atoms with Crippen LogP contribution in [0.15, 0.2) is 54.6 Å². The van der Waals surface area contributed by atoms with Crippen LogP contribution in [0.25, 0.3) is 0 Å². The molecule has 1 spiro atoms. The lowest BCUT2D eigenvalue weighted by Crippen LogP contribution is -2.41. The number of hydrogen-bond acceptors (Lipinski definition) is 6. The minimum atomic E-state index is -0.779. The molecule has 4 atom stereocenters. The maximum Gasteiger partial charge on any atom is 0.234 e. The van der Waals surface area contributed by atoms with Gasteiger partial charge in [-0.1, -0.05) is 12.2 Å². The van der Waals surface area contributed by atoms with Crippen LogP contribution in [0.5, 0.6) is 17.2 Å². The summed E-state index contributed by atoms with van der Waals surface area (Å²) in [5, 5.41) is 2.92. The first-order valence-electron chi connectivity index (χ1n) is 10.1. The molecule has 6 rings (SSSR count). The van der Waals surface area contributed by atoms with E-state index in [1.165, 1.54) is 0 Å². The molecule has 0 aliphatic carbocycles. The molecule has 2 bridgehead atoms. The number of carbonyl (C=O) groups is 2. The maximum atomic E-state index is 13.4. The van der Waals surface area contributed by atoms with Crippen molar-refractivity contribution in [3.05, 3.63) is 54.6 Å². The molecule has 4 aliphatic heterocycles. The number of benzene rings is 2. The zero-order valence-corrected chi connectivity index (χ0v) is 16.7. The number of amides is 2. The molecule has 158 valence electrons. The van der Waals surface area contributed by atoms with Crippen molar-refractivity contribution in [3.8, 4) is 17.2 Å². The van der Waals surface area contributed by atoms with Crippen molar-refractivity contribution in [3.63, 3.8) is 0 Å². The van der Waals surface area contributed by atoms with E-state index < -0.39 is 23.5 Å². The standard InChI is InChI=1S/C23H20N2O6/c1-28-15-5-3-14(4-6-15)25-11-23-9-8-17(31-23)19(20(23)22(25)27)21(26)24-13-2-7-16-18(10-13)30-12-29-16/h2-10,17,19-20H,11-12H2,1H3,(H,24,26)/t17?,19?,20?,23-/m0/s1. The molecule has 2 fully saturated rings. The molecule has 0 saturated carbocycles. The van der Waals surface area contributed by atoms with Crippen LogP contribution < -0.4 is 24.4 Å². The first-order valence-corrected chi connectivity index (χ1v) is 10.1. The monoisotopic (exact) mass is 420 g/mol. The fourth-order valence-corrected chi connectivity index (χ4v) is 4.98. The lowest BCUT2D eigenvalue weighted by atomic mass is 9.77. The van der Waals surface area contributed by atoms with E-state index in [2.05, 4.69) is 5.32 Å². The highest BCUT2D eigenvalue weighted by molar-refractivity contribution is 6.05. The Morgan fingerprint density at radius 3 is 2.77 bits per heavy atom. The highest BCUT2D eigenvalue weighted by Crippen LogP contribution is 2.53. The smallest absolute Gasteiger partial charge is 0.234 e. The molecule has 2 aromatic rings. The van der Waals surface area contributed by atoms with Gasteiger partial charge >= 0.3 is 0 Å². The predicted octanol–water partition coefficient (Wildman–Crippen LogP) is 2.35. The second kappa shape index (κ2) is 6.49. The summed E-state index contributed by atoms with van der Waals surface area (Å²) in [5.74, 6) is 0.412. The molecule has 0 radical (unpaired) electrons. The van der Waals surface area contributed by atoms with E-state index in [4.69, 9.17) is 18.9 Å². The van der Waals surface area contributed by atoms with Crippen molar-refractivity contribution in [1.29, 1.82) is 0 Å². The number of carbonyl (C=O) groups excluding carboxylic acids is 2. The molecule has 2 saturated heterocycles. The zero-order valence-electron chi connectivity index (χ0n) is 16.7. The molecule has 31 heavy (non-hydrogen) atoms. The number of ether oxygens (including phenoxy) is 4. The van der Waals surface area contributed by atoms with Crippen molar-refractivity contribution in [2.75, 3.05) is 30.7 Å². The highest BCUT2D eigenvalue weighted by Gasteiger charge is 2.67. The minimum absolute atomic E-state index is 0.108. The Labute approximate surface area is 178 Å². The Morgan fingerprint density at radius 1 is 1.16 bits per heavy atom. The minimum Gasteiger partial charge on any atom is -0.497 e. The van der Waals surface area contributed by atoms with E-state index in [0.717, 1.165) is 5.69 Å². The van der Waals surface area contributed by atoms with Crippen LogP contribution in [0.3, 0.4) is 0 Å². The summed E-state index contributed by atoms with van der Waals surface area (Å²) in [7, 11) is 1.60. The summed E-state index contributed by atoms with van der Waals surface area (Å²) in [6.07, 6.45) is 3.42. The van der Waals surface area contributed by atoms with Crippen LogP contribution in [0.2, 0.25) is 0 Å². The topological polar surface area (TPSA) is 86.3 Å². The number of methoxy groups -OCH3 is 1. The third kappa shape index (κ3) is 2.64. The number of fused-ring (bicyclic) bond motifs is 2. The molecular formula is C23H20N2O6. The first-order chi connectivity index (χ1) is 15.1. The third-order valence-corrected chi connectivity index (χ3v) is 6.43. The Bertz CT molecular complexity index is 1110. The molecule has 8 heteroatoms. The van der Waals surface area contributed by atoms with Gasteiger partial charge in [0, 0.05) is 17.4 Å². The van der Waals surface area contributed by atoms with Crippen LogP contribution in [-0.4, -0.2) is 44.0 Å². The molecule has 2 aromatic carbocycles. The predicted molar refractivity (Wildman–Crippen MR) is 110 cm³/mol. The van der Waals surface area contributed by atoms with Crippen molar-refractivity contribution in [1.82, 2.24) is 0 Å². The summed E-state index contributed by atoms with van der Waals surface area (Å²) in [6, 6.07) is 12.5.